The molecule has 3 aromatic rings. The highest BCUT2D eigenvalue weighted by Crippen LogP contribution is 2.23. The predicted octanol–water partition coefficient (Wildman–Crippen LogP) is 3.76. The minimum Gasteiger partial charge on any atom is -0.383 e. The number of aromatic nitrogens is 2. The van der Waals surface area contributed by atoms with E-state index in [4.69, 9.17) is 9.84 Å². The molecule has 1 heterocycles. The van der Waals surface area contributed by atoms with E-state index in [1.807, 2.05) is 72.4 Å². The maximum Gasteiger partial charge on any atom is 0.244 e. The van der Waals surface area contributed by atoms with Crippen LogP contribution >= 0.6 is 0 Å². The molecule has 0 aliphatic carbocycles. The van der Waals surface area contributed by atoms with E-state index in [0.29, 0.717) is 13.2 Å². The number of rotatable bonds is 8. The third-order valence-corrected chi connectivity index (χ3v) is 4.24. The molecule has 1 aromatic heterocycles. The molecule has 0 aliphatic rings. The molecule has 0 bridgehead atoms. The van der Waals surface area contributed by atoms with E-state index in [0.717, 1.165) is 16.8 Å². The third-order valence-electron chi connectivity index (χ3n) is 4.24. The molecular formula is C23H25N3O2. The zero-order chi connectivity index (χ0) is 19.8. The van der Waals surface area contributed by atoms with Gasteiger partial charge in [-0.3, -0.25) is 9.48 Å². The van der Waals surface area contributed by atoms with Crippen molar-refractivity contribution in [2.75, 3.05) is 13.7 Å². The second kappa shape index (κ2) is 9.67. The molecule has 2 aromatic carbocycles. The van der Waals surface area contributed by atoms with Crippen LogP contribution in [0.5, 0.6) is 0 Å². The minimum atomic E-state index is -0.153. The Morgan fingerprint density at radius 3 is 2.50 bits per heavy atom. The normalized spacial score (nSPS) is 12.2. The van der Waals surface area contributed by atoms with Crippen LogP contribution in [0.4, 0.5) is 0 Å². The van der Waals surface area contributed by atoms with Gasteiger partial charge in [-0.2, -0.15) is 5.10 Å². The van der Waals surface area contributed by atoms with Crippen molar-refractivity contribution in [3.63, 3.8) is 0 Å². The van der Waals surface area contributed by atoms with Crippen molar-refractivity contribution < 1.29 is 9.53 Å². The first-order chi connectivity index (χ1) is 13.7. The zero-order valence-corrected chi connectivity index (χ0v) is 16.2. The van der Waals surface area contributed by atoms with Crippen LogP contribution in [0.2, 0.25) is 0 Å². The topological polar surface area (TPSA) is 56.1 Å². The summed E-state index contributed by atoms with van der Waals surface area (Å²) in [7, 11) is 1.62. The molecule has 144 valence electrons. The highest BCUT2D eigenvalue weighted by atomic mass is 16.5. The van der Waals surface area contributed by atoms with Gasteiger partial charge in [0.2, 0.25) is 5.91 Å². The highest BCUT2D eigenvalue weighted by Gasteiger charge is 2.10. The maximum atomic E-state index is 12.2. The average molecular weight is 375 g/mol. The molecular weight excluding hydrogens is 350 g/mol. The molecule has 1 N–H and O–H groups in total. The van der Waals surface area contributed by atoms with E-state index >= 15 is 0 Å². The number of ether oxygens (including phenoxy) is 1. The number of carbonyl (C=O) groups is 1. The Bertz CT molecular complexity index is 918. The van der Waals surface area contributed by atoms with Gasteiger partial charge in [0, 0.05) is 36.6 Å². The first-order valence-electron chi connectivity index (χ1n) is 9.30. The fraction of sp³-hybridized carbons (Fsp3) is 0.217. The summed E-state index contributed by atoms with van der Waals surface area (Å²) in [5.41, 5.74) is 3.94. The summed E-state index contributed by atoms with van der Waals surface area (Å²) in [6.45, 7) is 3.05. The van der Waals surface area contributed by atoms with Gasteiger partial charge in [-0.15, -0.1) is 0 Å². The van der Waals surface area contributed by atoms with Crippen molar-refractivity contribution in [1.29, 1.82) is 0 Å². The van der Waals surface area contributed by atoms with Crippen LogP contribution in [0, 0.1) is 0 Å². The van der Waals surface area contributed by atoms with Gasteiger partial charge in [0.05, 0.1) is 18.8 Å². The lowest BCUT2D eigenvalue weighted by Crippen LogP contribution is -2.34. The monoisotopic (exact) mass is 375 g/mol. The lowest BCUT2D eigenvalue weighted by molar-refractivity contribution is -0.117. The Morgan fingerprint density at radius 2 is 1.82 bits per heavy atom. The van der Waals surface area contributed by atoms with Crippen LogP contribution in [0.3, 0.4) is 0 Å². The number of nitrogens with zero attached hydrogens (tertiary/aromatic N) is 2. The lowest BCUT2D eigenvalue weighted by atomic mass is 10.1. The van der Waals surface area contributed by atoms with E-state index in [1.165, 1.54) is 5.56 Å². The van der Waals surface area contributed by atoms with E-state index in [1.54, 1.807) is 13.2 Å². The summed E-state index contributed by atoms with van der Waals surface area (Å²) in [6.07, 6.45) is 5.33. The van der Waals surface area contributed by atoms with Gasteiger partial charge in [-0.1, -0.05) is 60.7 Å². The van der Waals surface area contributed by atoms with Gasteiger partial charge >= 0.3 is 0 Å². The lowest BCUT2D eigenvalue weighted by Gasteiger charge is -2.10. The van der Waals surface area contributed by atoms with Crippen LogP contribution in [0.25, 0.3) is 17.3 Å². The summed E-state index contributed by atoms with van der Waals surface area (Å²) in [5, 5.41) is 7.64. The average Bonchev–Trinajstić information content (AvgIpc) is 3.10. The smallest absolute Gasteiger partial charge is 0.244 e. The molecule has 3 rings (SSSR count). The minimum absolute atomic E-state index is 0.0449. The number of benzene rings is 2. The number of nitrogens with one attached hydrogen (secondary N) is 1. The maximum absolute atomic E-state index is 12.2. The van der Waals surface area contributed by atoms with Crippen molar-refractivity contribution in [3.8, 4) is 11.3 Å². The molecule has 1 amide bonds. The Hall–Kier alpha value is -3.18. The number of carbonyl (C=O) groups excluding carboxylic acids is 1. The fourth-order valence-electron chi connectivity index (χ4n) is 2.98. The van der Waals surface area contributed by atoms with E-state index in [-0.39, 0.29) is 11.9 Å². The van der Waals surface area contributed by atoms with Crippen molar-refractivity contribution in [3.05, 3.63) is 84.1 Å². The van der Waals surface area contributed by atoms with Crippen LogP contribution in [0.15, 0.2) is 72.9 Å². The van der Waals surface area contributed by atoms with Crippen LogP contribution in [0.1, 0.15) is 18.1 Å². The molecule has 5 nitrogen and oxygen atoms in total. The first kappa shape index (κ1) is 19.6. The van der Waals surface area contributed by atoms with Gasteiger partial charge in [0.25, 0.3) is 0 Å². The van der Waals surface area contributed by atoms with Crippen LogP contribution < -0.4 is 5.32 Å². The van der Waals surface area contributed by atoms with Gasteiger partial charge in [0.1, 0.15) is 0 Å². The zero-order valence-electron chi connectivity index (χ0n) is 16.2. The molecule has 28 heavy (non-hydrogen) atoms. The fourth-order valence-corrected chi connectivity index (χ4v) is 2.98. The molecule has 0 fully saturated rings. The Labute approximate surface area is 165 Å². The molecule has 0 spiro atoms. The van der Waals surface area contributed by atoms with E-state index in [2.05, 4.69) is 17.4 Å². The van der Waals surface area contributed by atoms with Crippen LogP contribution in [-0.2, 0) is 16.1 Å². The van der Waals surface area contributed by atoms with Gasteiger partial charge in [0.15, 0.2) is 0 Å². The van der Waals surface area contributed by atoms with Crippen molar-refractivity contribution in [2.24, 2.45) is 0 Å². The van der Waals surface area contributed by atoms with Crippen molar-refractivity contribution in [2.45, 2.75) is 19.5 Å². The molecule has 1 atom stereocenters. The van der Waals surface area contributed by atoms with Crippen LogP contribution in [-0.4, -0.2) is 35.4 Å². The predicted molar refractivity (Wildman–Crippen MR) is 112 cm³/mol. The summed E-state index contributed by atoms with van der Waals surface area (Å²) in [5.74, 6) is -0.153. The van der Waals surface area contributed by atoms with Crippen molar-refractivity contribution >= 4 is 12.0 Å². The number of amides is 1. The third kappa shape index (κ3) is 5.41. The molecule has 0 saturated heterocycles. The molecule has 0 radical (unpaired) electrons. The number of methoxy groups -OCH3 is 1. The Balaban J connectivity index is 1.84. The van der Waals surface area contributed by atoms with E-state index < -0.39 is 0 Å². The quantitative estimate of drug-likeness (QED) is 0.610. The molecule has 0 aliphatic heterocycles. The Kier molecular flexibility index (Phi) is 6.76. The van der Waals surface area contributed by atoms with Crippen molar-refractivity contribution in [1.82, 2.24) is 15.1 Å². The number of hydrogen-bond donors (Lipinski definition) is 1. The van der Waals surface area contributed by atoms with Gasteiger partial charge < -0.3 is 10.1 Å². The summed E-state index contributed by atoms with van der Waals surface area (Å²) in [6, 6.07) is 20.1. The Morgan fingerprint density at radius 1 is 1.14 bits per heavy atom. The molecule has 0 saturated carbocycles. The molecule has 5 heteroatoms. The summed E-state index contributed by atoms with van der Waals surface area (Å²) in [4.78, 5) is 12.2. The number of hydrogen-bond acceptors (Lipinski definition) is 3. The second-order valence-corrected chi connectivity index (χ2v) is 6.68. The second-order valence-electron chi connectivity index (χ2n) is 6.68. The van der Waals surface area contributed by atoms with Gasteiger partial charge in [-0.05, 0) is 18.6 Å². The van der Waals surface area contributed by atoms with Gasteiger partial charge in [-0.25, -0.2) is 0 Å². The summed E-state index contributed by atoms with van der Waals surface area (Å²) >= 11 is 0. The first-order valence-corrected chi connectivity index (χ1v) is 9.30. The standard InChI is InChI=1S/C23H25N3O2/c1-18(17-28-2)24-22(27)14-13-21-16-26(15-19-9-5-3-6-10-19)25-23(21)20-11-7-4-8-12-20/h3-14,16,18H,15,17H2,1-2H3,(H,24,27)/b14-13+. The largest absolute Gasteiger partial charge is 0.383 e. The summed E-state index contributed by atoms with van der Waals surface area (Å²) < 4.78 is 6.96. The molecule has 1 unspecified atom stereocenters. The SMILES string of the molecule is COCC(C)NC(=O)/C=C/c1cn(Cc2ccccc2)nc1-c1ccccc1. The highest BCUT2D eigenvalue weighted by molar-refractivity contribution is 5.93. The van der Waals surface area contributed by atoms with E-state index in [9.17, 15) is 4.79 Å².